The van der Waals surface area contributed by atoms with E-state index in [1.165, 1.54) is 5.56 Å². The average molecular weight is 404 g/mol. The van der Waals surface area contributed by atoms with Crippen LogP contribution in [-0.2, 0) is 22.6 Å². The molecule has 0 bridgehead atoms. The highest BCUT2D eigenvalue weighted by molar-refractivity contribution is 5.78. The molecule has 29 heavy (non-hydrogen) atoms. The van der Waals surface area contributed by atoms with Crippen LogP contribution >= 0.6 is 0 Å². The second-order valence-electron chi connectivity index (χ2n) is 7.51. The van der Waals surface area contributed by atoms with Crippen LogP contribution in [0, 0.1) is 0 Å². The number of ether oxygens (including phenoxy) is 2. The number of rotatable bonds is 6. The lowest BCUT2D eigenvalue weighted by Crippen LogP contribution is -2.48. The van der Waals surface area contributed by atoms with Crippen molar-refractivity contribution in [3.63, 3.8) is 0 Å². The summed E-state index contributed by atoms with van der Waals surface area (Å²) in [6, 6.07) is 8.79. The summed E-state index contributed by atoms with van der Waals surface area (Å²) < 4.78 is 10.4. The van der Waals surface area contributed by atoms with Crippen molar-refractivity contribution in [2.45, 2.75) is 38.9 Å². The minimum absolute atomic E-state index is 0.232. The van der Waals surface area contributed by atoms with E-state index in [1.54, 1.807) is 4.90 Å². The Hall–Kier alpha value is -2.32. The highest BCUT2D eigenvalue weighted by Crippen LogP contribution is 2.12. The number of amides is 1. The van der Waals surface area contributed by atoms with Crippen LogP contribution in [0.5, 0.6) is 0 Å². The van der Waals surface area contributed by atoms with E-state index in [-0.39, 0.29) is 12.1 Å². The number of morpholine rings is 1. The van der Waals surface area contributed by atoms with E-state index in [1.807, 2.05) is 6.92 Å². The fourth-order valence-corrected chi connectivity index (χ4v) is 3.62. The van der Waals surface area contributed by atoms with Crippen molar-refractivity contribution >= 4 is 12.1 Å². The first-order valence-electron chi connectivity index (χ1n) is 10.5. The molecule has 0 aliphatic carbocycles. The molecule has 0 aromatic heterocycles. The molecule has 2 aliphatic heterocycles. The Bertz CT molecular complexity index is 665. The van der Waals surface area contributed by atoms with Gasteiger partial charge in [0, 0.05) is 38.8 Å². The summed E-state index contributed by atoms with van der Waals surface area (Å²) in [5.74, 6) is 0.456. The Morgan fingerprint density at radius 1 is 1.17 bits per heavy atom. The quantitative estimate of drug-likeness (QED) is 0.553. The molecule has 3 rings (SSSR count). The largest absolute Gasteiger partial charge is 0.450 e. The number of nitrogens with one attached hydrogen (secondary N) is 1. The van der Waals surface area contributed by atoms with Crippen LogP contribution in [0.3, 0.4) is 0 Å². The molecule has 8 nitrogen and oxygen atoms in total. The van der Waals surface area contributed by atoms with Gasteiger partial charge in [-0.2, -0.15) is 0 Å². The summed E-state index contributed by atoms with van der Waals surface area (Å²) >= 11 is 0. The minimum atomic E-state index is -0.232. The first-order chi connectivity index (χ1) is 14.1. The Balaban J connectivity index is 1.40. The summed E-state index contributed by atoms with van der Waals surface area (Å²) in [5.41, 5.74) is 8.50. The van der Waals surface area contributed by atoms with E-state index in [0.29, 0.717) is 32.2 Å². The van der Waals surface area contributed by atoms with Crippen LogP contribution < -0.4 is 11.1 Å². The summed E-state index contributed by atoms with van der Waals surface area (Å²) in [4.78, 5) is 20.4. The van der Waals surface area contributed by atoms with Crippen LogP contribution in [0.4, 0.5) is 4.79 Å². The van der Waals surface area contributed by atoms with Crippen molar-refractivity contribution in [2.75, 3.05) is 46.0 Å². The number of nitrogens with zero attached hydrogens (tertiary/aromatic N) is 3. The van der Waals surface area contributed by atoms with Gasteiger partial charge in [0.2, 0.25) is 0 Å². The summed E-state index contributed by atoms with van der Waals surface area (Å²) in [6.45, 7) is 8.72. The zero-order valence-corrected chi connectivity index (χ0v) is 17.3. The summed E-state index contributed by atoms with van der Waals surface area (Å²) in [7, 11) is 0. The van der Waals surface area contributed by atoms with Gasteiger partial charge in [0.1, 0.15) is 0 Å². The molecular formula is C21H33N5O3. The molecule has 160 valence electrons. The third-order valence-corrected chi connectivity index (χ3v) is 5.34. The third-order valence-electron chi connectivity index (χ3n) is 5.34. The maximum atomic E-state index is 11.7. The van der Waals surface area contributed by atoms with Crippen molar-refractivity contribution in [2.24, 2.45) is 10.7 Å². The van der Waals surface area contributed by atoms with Crippen molar-refractivity contribution < 1.29 is 14.3 Å². The van der Waals surface area contributed by atoms with Gasteiger partial charge >= 0.3 is 6.09 Å². The summed E-state index contributed by atoms with van der Waals surface area (Å²) in [5, 5.41) is 3.28. The number of carbonyl (C=O) groups excluding carboxylic acids is 1. The molecule has 1 amide bonds. The topological polar surface area (TPSA) is 92.4 Å². The Morgan fingerprint density at radius 2 is 1.83 bits per heavy atom. The van der Waals surface area contributed by atoms with Crippen LogP contribution in [-0.4, -0.2) is 73.9 Å². The maximum absolute atomic E-state index is 11.7. The van der Waals surface area contributed by atoms with E-state index in [4.69, 9.17) is 15.2 Å². The highest BCUT2D eigenvalue weighted by atomic mass is 16.6. The Kier molecular flexibility index (Phi) is 8.13. The molecule has 0 radical (unpaired) electrons. The lowest BCUT2D eigenvalue weighted by molar-refractivity contribution is 0.0342. The second-order valence-corrected chi connectivity index (χ2v) is 7.51. The molecule has 1 aromatic rings. The zero-order valence-electron chi connectivity index (χ0n) is 17.3. The van der Waals surface area contributed by atoms with E-state index in [0.717, 1.165) is 51.3 Å². The SMILES string of the molecule is CCOC(=O)N1CCC(NC(N)=NCc2ccc(CN3CCOCC3)cc2)CC1. The summed E-state index contributed by atoms with van der Waals surface area (Å²) in [6.07, 6.45) is 1.45. The van der Waals surface area contributed by atoms with Crippen LogP contribution in [0.1, 0.15) is 30.9 Å². The van der Waals surface area contributed by atoms with Gasteiger partial charge in [0.25, 0.3) is 0 Å². The first kappa shape index (κ1) is 21.4. The Labute approximate surface area is 173 Å². The number of benzene rings is 1. The number of hydrogen-bond donors (Lipinski definition) is 2. The number of hydrogen-bond acceptors (Lipinski definition) is 5. The molecule has 0 unspecified atom stereocenters. The predicted molar refractivity (Wildman–Crippen MR) is 113 cm³/mol. The maximum Gasteiger partial charge on any atom is 0.409 e. The van der Waals surface area contributed by atoms with Crippen molar-refractivity contribution in [1.29, 1.82) is 0 Å². The highest BCUT2D eigenvalue weighted by Gasteiger charge is 2.23. The van der Waals surface area contributed by atoms with Gasteiger partial charge in [0.05, 0.1) is 26.4 Å². The number of aliphatic imine (C=N–C) groups is 1. The van der Waals surface area contributed by atoms with Crippen molar-refractivity contribution in [1.82, 2.24) is 15.1 Å². The Morgan fingerprint density at radius 3 is 2.48 bits per heavy atom. The fourth-order valence-electron chi connectivity index (χ4n) is 3.62. The fraction of sp³-hybridized carbons (Fsp3) is 0.619. The monoisotopic (exact) mass is 403 g/mol. The number of likely N-dealkylation sites (tertiary alicyclic amines) is 1. The van der Waals surface area contributed by atoms with Gasteiger partial charge in [-0.15, -0.1) is 0 Å². The van der Waals surface area contributed by atoms with Crippen molar-refractivity contribution in [3.05, 3.63) is 35.4 Å². The average Bonchev–Trinajstić information content (AvgIpc) is 2.75. The second kappa shape index (κ2) is 11.0. The molecular weight excluding hydrogens is 370 g/mol. The molecule has 8 heteroatoms. The smallest absolute Gasteiger partial charge is 0.409 e. The lowest BCUT2D eigenvalue weighted by atomic mass is 10.1. The zero-order chi connectivity index (χ0) is 20.5. The van der Waals surface area contributed by atoms with Gasteiger partial charge in [-0.3, -0.25) is 4.90 Å². The molecule has 2 fully saturated rings. The number of piperidine rings is 1. The molecule has 1 aromatic carbocycles. The number of nitrogens with two attached hydrogens (primary N) is 1. The molecule has 3 N–H and O–H groups in total. The molecule has 0 spiro atoms. The molecule has 2 aliphatic rings. The molecule has 0 atom stereocenters. The number of guanidine groups is 1. The normalized spacial score (nSPS) is 19.2. The van der Waals surface area contributed by atoms with Crippen LogP contribution in [0.25, 0.3) is 0 Å². The van der Waals surface area contributed by atoms with Gasteiger partial charge in [-0.1, -0.05) is 24.3 Å². The number of carbonyl (C=O) groups is 1. The molecule has 2 heterocycles. The van der Waals surface area contributed by atoms with Gasteiger partial charge in [-0.25, -0.2) is 9.79 Å². The third kappa shape index (κ3) is 6.90. The van der Waals surface area contributed by atoms with Crippen molar-refractivity contribution in [3.8, 4) is 0 Å². The van der Waals surface area contributed by atoms with E-state index >= 15 is 0 Å². The van der Waals surface area contributed by atoms with E-state index in [2.05, 4.69) is 39.5 Å². The standard InChI is InChI=1S/C21H33N5O3/c1-2-29-21(27)26-9-7-19(8-10-26)24-20(22)23-15-17-3-5-18(6-4-17)16-25-11-13-28-14-12-25/h3-6,19H,2,7-16H2,1H3,(H3,22,23,24). The van der Waals surface area contributed by atoms with E-state index < -0.39 is 0 Å². The minimum Gasteiger partial charge on any atom is -0.450 e. The van der Waals surface area contributed by atoms with Crippen LogP contribution in [0.15, 0.2) is 29.3 Å². The van der Waals surface area contributed by atoms with E-state index in [9.17, 15) is 4.79 Å². The van der Waals surface area contributed by atoms with Gasteiger partial charge < -0.3 is 25.4 Å². The van der Waals surface area contributed by atoms with Gasteiger partial charge in [-0.05, 0) is 30.9 Å². The van der Waals surface area contributed by atoms with Gasteiger partial charge in [0.15, 0.2) is 5.96 Å². The molecule has 2 saturated heterocycles. The molecule has 0 saturated carbocycles. The first-order valence-corrected chi connectivity index (χ1v) is 10.5. The lowest BCUT2D eigenvalue weighted by Gasteiger charge is -2.31. The predicted octanol–water partition coefficient (Wildman–Crippen LogP) is 1.54. The van der Waals surface area contributed by atoms with Crippen LogP contribution in [0.2, 0.25) is 0 Å².